The number of alkyl halides is 3. The maximum absolute atomic E-state index is 12.8. The van der Waals surface area contributed by atoms with Crippen molar-refractivity contribution in [3.63, 3.8) is 0 Å². The Morgan fingerprint density at radius 1 is 1.07 bits per heavy atom. The molecule has 0 spiro atoms. The molecule has 1 aliphatic rings. The van der Waals surface area contributed by atoms with E-state index in [4.69, 9.17) is 4.52 Å². The Morgan fingerprint density at radius 2 is 1.83 bits per heavy atom. The van der Waals surface area contributed by atoms with E-state index in [1.807, 2.05) is 12.1 Å². The molecule has 1 N–H and O–H groups in total. The van der Waals surface area contributed by atoms with Crippen LogP contribution in [0.2, 0.25) is 0 Å². The van der Waals surface area contributed by atoms with Crippen LogP contribution in [0.3, 0.4) is 0 Å². The summed E-state index contributed by atoms with van der Waals surface area (Å²) in [5, 5.41) is 6.85. The summed E-state index contributed by atoms with van der Waals surface area (Å²) in [4.78, 5) is 12.1. The number of hydrogen-bond acceptors (Lipinski definition) is 3. The zero-order valence-electron chi connectivity index (χ0n) is 16.0. The Balaban J connectivity index is 1.42. The van der Waals surface area contributed by atoms with Crippen molar-refractivity contribution in [1.29, 1.82) is 0 Å². The molecule has 1 heterocycles. The van der Waals surface area contributed by atoms with E-state index in [9.17, 15) is 18.0 Å². The van der Waals surface area contributed by atoms with Crippen LogP contribution < -0.4 is 5.32 Å². The number of nitrogens with one attached hydrogen (secondary N) is 1. The van der Waals surface area contributed by atoms with Crippen molar-refractivity contribution in [1.82, 2.24) is 5.16 Å². The molecule has 1 amide bonds. The van der Waals surface area contributed by atoms with Crippen LogP contribution in [0, 0.1) is 0 Å². The van der Waals surface area contributed by atoms with Gasteiger partial charge in [-0.3, -0.25) is 4.79 Å². The fraction of sp³-hybridized carbons (Fsp3) is 0.217. The molecule has 0 bridgehead atoms. The fourth-order valence-electron chi connectivity index (χ4n) is 3.50. The lowest BCUT2D eigenvalue weighted by molar-refractivity contribution is -0.137. The molecular weight excluding hydrogens is 393 g/mol. The highest BCUT2D eigenvalue weighted by Crippen LogP contribution is 2.32. The van der Waals surface area contributed by atoms with Crippen LogP contribution in [-0.4, -0.2) is 11.1 Å². The first-order valence-electron chi connectivity index (χ1n) is 9.64. The Bertz CT molecular complexity index is 1080. The van der Waals surface area contributed by atoms with Crippen molar-refractivity contribution in [3.05, 3.63) is 77.0 Å². The van der Waals surface area contributed by atoms with E-state index in [1.54, 1.807) is 12.1 Å². The number of anilines is 1. The minimum atomic E-state index is -4.42. The van der Waals surface area contributed by atoms with Crippen LogP contribution in [0.1, 0.15) is 35.2 Å². The van der Waals surface area contributed by atoms with E-state index in [1.165, 1.54) is 24.3 Å². The van der Waals surface area contributed by atoms with E-state index in [-0.39, 0.29) is 0 Å². The predicted octanol–water partition coefficient (Wildman–Crippen LogP) is 5.89. The standard InChI is InChI=1S/C23H19F3N2O2/c24-23(25,26)17-5-3-4-15(14-17)8-13-21(29)27-18-11-9-16(10-12-18)22-19-6-1-2-7-20(19)28-30-22/h3-5,8-14H,1-2,6-7H2,(H,27,29)/b13-8+. The average molecular weight is 412 g/mol. The van der Waals surface area contributed by atoms with Gasteiger partial charge in [0.25, 0.3) is 0 Å². The van der Waals surface area contributed by atoms with Crippen LogP contribution in [0.5, 0.6) is 0 Å². The van der Waals surface area contributed by atoms with Crippen molar-refractivity contribution >= 4 is 17.7 Å². The molecule has 0 aliphatic heterocycles. The van der Waals surface area contributed by atoms with Crippen molar-refractivity contribution in [3.8, 4) is 11.3 Å². The molecule has 1 aliphatic carbocycles. The number of carbonyl (C=O) groups excluding carboxylic acids is 1. The molecule has 2 aromatic carbocycles. The molecule has 0 unspecified atom stereocenters. The Labute approximate surface area is 171 Å². The van der Waals surface area contributed by atoms with E-state index >= 15 is 0 Å². The Morgan fingerprint density at radius 3 is 2.60 bits per heavy atom. The highest BCUT2D eigenvalue weighted by atomic mass is 19.4. The second-order valence-corrected chi connectivity index (χ2v) is 7.17. The van der Waals surface area contributed by atoms with Crippen molar-refractivity contribution < 1.29 is 22.5 Å². The lowest BCUT2D eigenvalue weighted by Gasteiger charge is -2.09. The van der Waals surface area contributed by atoms with Gasteiger partial charge in [-0.1, -0.05) is 17.3 Å². The summed E-state index contributed by atoms with van der Waals surface area (Å²) in [7, 11) is 0. The van der Waals surface area contributed by atoms with Crippen molar-refractivity contribution in [2.75, 3.05) is 5.32 Å². The van der Waals surface area contributed by atoms with Gasteiger partial charge in [0.05, 0.1) is 11.3 Å². The number of amides is 1. The Hall–Kier alpha value is -3.35. The summed E-state index contributed by atoms with van der Waals surface area (Å²) >= 11 is 0. The predicted molar refractivity (Wildman–Crippen MR) is 108 cm³/mol. The lowest BCUT2D eigenvalue weighted by atomic mass is 9.94. The van der Waals surface area contributed by atoms with Gasteiger partial charge in [0.1, 0.15) is 0 Å². The molecule has 30 heavy (non-hydrogen) atoms. The summed E-state index contributed by atoms with van der Waals surface area (Å²) in [6.45, 7) is 0. The zero-order valence-corrected chi connectivity index (χ0v) is 16.0. The maximum atomic E-state index is 12.8. The molecule has 0 atom stereocenters. The smallest absolute Gasteiger partial charge is 0.356 e. The number of fused-ring (bicyclic) bond motifs is 1. The first kappa shape index (κ1) is 19.9. The van der Waals surface area contributed by atoms with E-state index < -0.39 is 17.6 Å². The summed E-state index contributed by atoms with van der Waals surface area (Å²) in [6, 6.07) is 12.0. The van der Waals surface area contributed by atoms with Gasteiger partial charge in [0.15, 0.2) is 5.76 Å². The van der Waals surface area contributed by atoms with Gasteiger partial charge in [0.2, 0.25) is 5.91 Å². The van der Waals surface area contributed by atoms with Gasteiger partial charge >= 0.3 is 6.18 Å². The van der Waals surface area contributed by atoms with Crippen molar-refractivity contribution in [2.45, 2.75) is 31.9 Å². The maximum Gasteiger partial charge on any atom is 0.416 e. The Kier molecular flexibility index (Phi) is 5.44. The molecule has 0 radical (unpaired) electrons. The fourth-order valence-corrected chi connectivity index (χ4v) is 3.50. The third kappa shape index (κ3) is 4.45. The molecule has 0 saturated heterocycles. The molecule has 3 aromatic rings. The largest absolute Gasteiger partial charge is 0.416 e. The molecule has 154 valence electrons. The minimum absolute atomic E-state index is 0.297. The molecule has 4 nitrogen and oxygen atoms in total. The van der Waals surface area contributed by atoms with Gasteiger partial charge in [0, 0.05) is 22.9 Å². The number of aryl methyl sites for hydroxylation is 1. The van der Waals surface area contributed by atoms with E-state index in [0.717, 1.165) is 60.4 Å². The SMILES string of the molecule is O=C(/C=C/c1cccc(C(F)(F)F)c1)Nc1ccc(-c2onc3c2CCCC3)cc1. The van der Waals surface area contributed by atoms with E-state index in [0.29, 0.717) is 11.3 Å². The van der Waals surface area contributed by atoms with Gasteiger partial charge in [-0.05, 0) is 73.7 Å². The first-order valence-corrected chi connectivity index (χ1v) is 9.64. The average Bonchev–Trinajstić information content (AvgIpc) is 3.17. The molecular formula is C23H19F3N2O2. The van der Waals surface area contributed by atoms with Crippen LogP contribution in [0.25, 0.3) is 17.4 Å². The normalized spacial score (nSPS) is 14.0. The molecule has 1 aromatic heterocycles. The number of aromatic nitrogens is 1. The molecule has 7 heteroatoms. The van der Waals surface area contributed by atoms with Crippen LogP contribution in [0.4, 0.5) is 18.9 Å². The number of hydrogen-bond donors (Lipinski definition) is 1. The quantitative estimate of drug-likeness (QED) is 0.544. The van der Waals surface area contributed by atoms with Crippen molar-refractivity contribution in [2.24, 2.45) is 0 Å². The molecule has 4 rings (SSSR count). The van der Waals surface area contributed by atoms with Gasteiger partial charge in [-0.2, -0.15) is 13.2 Å². The van der Waals surface area contributed by atoms with Crippen LogP contribution in [0.15, 0.2) is 59.1 Å². The van der Waals surface area contributed by atoms with Gasteiger partial charge in [-0.25, -0.2) is 0 Å². The van der Waals surface area contributed by atoms with Gasteiger partial charge < -0.3 is 9.84 Å². The monoisotopic (exact) mass is 412 g/mol. The molecule has 0 saturated carbocycles. The summed E-state index contributed by atoms with van der Waals surface area (Å²) < 4.78 is 43.8. The third-order valence-electron chi connectivity index (χ3n) is 5.02. The molecule has 0 fully saturated rings. The number of carbonyl (C=O) groups is 1. The minimum Gasteiger partial charge on any atom is -0.356 e. The summed E-state index contributed by atoms with van der Waals surface area (Å²) in [5.41, 5.74) is 3.19. The highest BCUT2D eigenvalue weighted by Gasteiger charge is 2.30. The third-order valence-corrected chi connectivity index (χ3v) is 5.02. The number of benzene rings is 2. The topological polar surface area (TPSA) is 55.1 Å². The second-order valence-electron chi connectivity index (χ2n) is 7.17. The number of nitrogens with zero attached hydrogens (tertiary/aromatic N) is 1. The number of rotatable bonds is 4. The summed E-state index contributed by atoms with van der Waals surface area (Å²) in [6.07, 6.45) is 2.26. The highest BCUT2D eigenvalue weighted by molar-refractivity contribution is 6.02. The number of halogens is 3. The lowest BCUT2D eigenvalue weighted by Crippen LogP contribution is -2.07. The van der Waals surface area contributed by atoms with Gasteiger partial charge in [-0.15, -0.1) is 0 Å². The van der Waals surface area contributed by atoms with Crippen LogP contribution >= 0.6 is 0 Å². The van der Waals surface area contributed by atoms with E-state index in [2.05, 4.69) is 10.5 Å². The second kappa shape index (κ2) is 8.18. The zero-order chi connectivity index (χ0) is 21.1. The first-order chi connectivity index (χ1) is 14.4. The summed E-state index contributed by atoms with van der Waals surface area (Å²) in [5.74, 6) is 0.337. The van der Waals surface area contributed by atoms with Crippen LogP contribution in [-0.2, 0) is 23.8 Å².